The Bertz CT molecular complexity index is 499. The molecule has 0 spiro atoms. The maximum atomic E-state index is 5.92. The Kier molecular flexibility index (Phi) is 5.31. The first-order valence-corrected chi connectivity index (χ1v) is 7.41. The van der Waals surface area contributed by atoms with Crippen LogP contribution in [0.2, 0.25) is 0 Å². The summed E-state index contributed by atoms with van der Waals surface area (Å²) in [5, 5.41) is 0. The molecule has 0 heterocycles. The summed E-state index contributed by atoms with van der Waals surface area (Å²) < 4.78 is 5.82. The Balaban J connectivity index is 1.83. The fraction of sp³-hybridized carbons (Fsp3) is 0.250. The molecule has 0 aliphatic heterocycles. The van der Waals surface area contributed by atoms with Gasteiger partial charge in [0.2, 0.25) is 0 Å². The predicted molar refractivity (Wildman–Crippen MR) is 81.7 cm³/mol. The molecule has 0 bridgehead atoms. The fourth-order valence-corrected chi connectivity index (χ4v) is 2.57. The van der Waals surface area contributed by atoms with Crippen LogP contribution >= 0.6 is 11.8 Å². The lowest BCUT2D eigenvalue weighted by Gasteiger charge is -2.13. The Hall–Kier alpha value is -1.45. The highest BCUT2D eigenvalue weighted by Gasteiger charge is 2.06. The fourth-order valence-electron chi connectivity index (χ4n) is 1.82. The number of nitrogens with two attached hydrogens (primary N) is 1. The molecule has 0 aliphatic rings. The van der Waals surface area contributed by atoms with E-state index in [1.54, 1.807) is 11.8 Å². The van der Waals surface area contributed by atoms with E-state index in [2.05, 4.69) is 24.3 Å². The first-order chi connectivity index (χ1) is 9.27. The third kappa shape index (κ3) is 4.30. The third-order valence-electron chi connectivity index (χ3n) is 2.76. The summed E-state index contributed by atoms with van der Waals surface area (Å²) in [4.78, 5) is 1.27. The first kappa shape index (κ1) is 14.0. The second-order valence-corrected chi connectivity index (χ2v) is 5.50. The first-order valence-electron chi connectivity index (χ1n) is 6.42. The van der Waals surface area contributed by atoms with Gasteiger partial charge in [0.15, 0.2) is 0 Å². The molecule has 1 atom stereocenters. The van der Waals surface area contributed by atoms with Crippen molar-refractivity contribution in [3.8, 4) is 5.75 Å². The molecule has 2 rings (SSSR count). The predicted octanol–water partition coefficient (Wildman–Crippen LogP) is 3.88. The summed E-state index contributed by atoms with van der Waals surface area (Å²) in [5.74, 6) is 1.82. The summed E-state index contributed by atoms with van der Waals surface area (Å²) in [5.41, 5.74) is 6.99. The van der Waals surface area contributed by atoms with E-state index in [4.69, 9.17) is 10.5 Å². The zero-order chi connectivity index (χ0) is 13.5. The van der Waals surface area contributed by atoms with Crippen LogP contribution in [-0.4, -0.2) is 12.4 Å². The van der Waals surface area contributed by atoms with Gasteiger partial charge >= 0.3 is 0 Å². The monoisotopic (exact) mass is 273 g/mol. The molecule has 1 unspecified atom stereocenters. The summed E-state index contributed by atoms with van der Waals surface area (Å²) in [6.45, 7) is 2.66. The number of hydrogen-bond acceptors (Lipinski definition) is 3. The van der Waals surface area contributed by atoms with Crippen molar-refractivity contribution in [1.29, 1.82) is 0 Å². The minimum absolute atomic E-state index is 0.00187. The Morgan fingerprint density at radius 1 is 1.05 bits per heavy atom. The Morgan fingerprint density at radius 2 is 1.74 bits per heavy atom. The molecule has 0 saturated heterocycles. The standard InChI is InChI=1S/C16H19NOS/c1-13(17)15-9-5-6-10-16(15)18-11-12-19-14-7-3-2-4-8-14/h2-10,13H,11-12,17H2,1H3. The van der Waals surface area contributed by atoms with Crippen LogP contribution in [-0.2, 0) is 0 Å². The summed E-state index contributed by atoms with van der Waals surface area (Å²) in [6, 6.07) is 18.3. The van der Waals surface area contributed by atoms with Crippen molar-refractivity contribution in [1.82, 2.24) is 0 Å². The van der Waals surface area contributed by atoms with Crippen molar-refractivity contribution in [3.63, 3.8) is 0 Å². The van der Waals surface area contributed by atoms with E-state index in [9.17, 15) is 0 Å². The molecule has 0 saturated carbocycles. The molecule has 19 heavy (non-hydrogen) atoms. The SMILES string of the molecule is CC(N)c1ccccc1OCCSc1ccccc1. The van der Waals surface area contributed by atoms with Crippen molar-refractivity contribution >= 4 is 11.8 Å². The van der Waals surface area contributed by atoms with Crippen LogP contribution in [0, 0.1) is 0 Å². The van der Waals surface area contributed by atoms with Gasteiger partial charge in [-0.15, -0.1) is 11.8 Å². The zero-order valence-electron chi connectivity index (χ0n) is 11.1. The maximum absolute atomic E-state index is 5.92. The van der Waals surface area contributed by atoms with Crippen molar-refractivity contribution < 1.29 is 4.74 Å². The highest BCUT2D eigenvalue weighted by Crippen LogP contribution is 2.24. The molecular weight excluding hydrogens is 254 g/mol. The van der Waals surface area contributed by atoms with Gasteiger partial charge in [-0.05, 0) is 25.1 Å². The topological polar surface area (TPSA) is 35.2 Å². The van der Waals surface area contributed by atoms with Gasteiger partial charge < -0.3 is 10.5 Å². The van der Waals surface area contributed by atoms with Crippen LogP contribution in [0.15, 0.2) is 59.5 Å². The van der Waals surface area contributed by atoms with E-state index in [1.807, 2.05) is 37.3 Å². The van der Waals surface area contributed by atoms with Gasteiger partial charge in [-0.1, -0.05) is 36.4 Å². The summed E-state index contributed by atoms with van der Waals surface area (Å²) >= 11 is 1.80. The molecule has 2 nitrogen and oxygen atoms in total. The normalized spacial score (nSPS) is 12.1. The van der Waals surface area contributed by atoms with E-state index in [0.29, 0.717) is 6.61 Å². The van der Waals surface area contributed by atoms with E-state index >= 15 is 0 Å². The van der Waals surface area contributed by atoms with Crippen molar-refractivity contribution in [2.45, 2.75) is 17.9 Å². The lowest BCUT2D eigenvalue weighted by molar-refractivity contribution is 0.338. The average molecular weight is 273 g/mol. The molecular formula is C16H19NOS. The van der Waals surface area contributed by atoms with Crippen LogP contribution in [0.3, 0.4) is 0 Å². The number of rotatable bonds is 6. The van der Waals surface area contributed by atoms with E-state index in [1.165, 1.54) is 4.90 Å². The lowest BCUT2D eigenvalue weighted by atomic mass is 10.1. The van der Waals surface area contributed by atoms with Crippen molar-refractivity contribution in [2.24, 2.45) is 5.73 Å². The quantitative estimate of drug-likeness (QED) is 0.641. The van der Waals surface area contributed by atoms with Gasteiger partial charge in [-0.2, -0.15) is 0 Å². The maximum Gasteiger partial charge on any atom is 0.124 e. The molecule has 0 aromatic heterocycles. The summed E-state index contributed by atoms with van der Waals surface area (Å²) in [7, 11) is 0. The van der Waals surface area contributed by atoms with Gasteiger partial charge in [0.05, 0.1) is 6.61 Å². The van der Waals surface area contributed by atoms with Crippen molar-refractivity contribution in [2.75, 3.05) is 12.4 Å². The zero-order valence-corrected chi connectivity index (χ0v) is 11.9. The van der Waals surface area contributed by atoms with Crippen LogP contribution in [0.1, 0.15) is 18.5 Å². The highest BCUT2D eigenvalue weighted by molar-refractivity contribution is 7.99. The van der Waals surface area contributed by atoms with Crippen LogP contribution in [0.5, 0.6) is 5.75 Å². The van der Waals surface area contributed by atoms with Gasteiger partial charge in [-0.3, -0.25) is 0 Å². The van der Waals surface area contributed by atoms with E-state index in [0.717, 1.165) is 17.1 Å². The second-order valence-electron chi connectivity index (χ2n) is 4.34. The number of hydrogen-bond donors (Lipinski definition) is 1. The van der Waals surface area contributed by atoms with Crippen LogP contribution in [0.4, 0.5) is 0 Å². The van der Waals surface area contributed by atoms with E-state index < -0.39 is 0 Å². The minimum Gasteiger partial charge on any atom is -0.492 e. The largest absolute Gasteiger partial charge is 0.492 e. The minimum atomic E-state index is -0.00187. The molecule has 100 valence electrons. The third-order valence-corrected chi connectivity index (χ3v) is 3.74. The molecule has 0 radical (unpaired) electrons. The van der Waals surface area contributed by atoms with E-state index in [-0.39, 0.29) is 6.04 Å². The average Bonchev–Trinajstić information content (AvgIpc) is 2.45. The van der Waals surface area contributed by atoms with Gasteiger partial charge in [0.25, 0.3) is 0 Å². The second kappa shape index (κ2) is 7.22. The number of ether oxygens (including phenoxy) is 1. The van der Waals surface area contributed by atoms with Crippen LogP contribution < -0.4 is 10.5 Å². The Labute approximate surface area is 119 Å². The molecule has 3 heteroatoms. The number of para-hydroxylation sites is 1. The lowest BCUT2D eigenvalue weighted by Crippen LogP contribution is -2.09. The molecule has 2 aromatic rings. The van der Waals surface area contributed by atoms with Gasteiger partial charge in [-0.25, -0.2) is 0 Å². The highest BCUT2D eigenvalue weighted by atomic mass is 32.2. The molecule has 2 aromatic carbocycles. The number of thioether (sulfide) groups is 1. The van der Waals surface area contributed by atoms with Gasteiger partial charge in [0, 0.05) is 22.3 Å². The van der Waals surface area contributed by atoms with Crippen LogP contribution in [0.25, 0.3) is 0 Å². The molecule has 0 aliphatic carbocycles. The Morgan fingerprint density at radius 3 is 2.47 bits per heavy atom. The smallest absolute Gasteiger partial charge is 0.124 e. The number of benzene rings is 2. The molecule has 2 N–H and O–H groups in total. The molecule has 0 fully saturated rings. The van der Waals surface area contributed by atoms with Gasteiger partial charge in [0.1, 0.15) is 5.75 Å². The summed E-state index contributed by atoms with van der Waals surface area (Å²) in [6.07, 6.45) is 0. The van der Waals surface area contributed by atoms with Crippen molar-refractivity contribution in [3.05, 3.63) is 60.2 Å². The molecule has 0 amide bonds.